The largest absolute Gasteiger partial charge is 0.480 e. The highest BCUT2D eigenvalue weighted by Crippen LogP contribution is 2.30. The first-order valence-corrected chi connectivity index (χ1v) is 6.90. The maximum Gasteiger partial charge on any atom is 0.419 e. The number of aliphatic carboxylic acids is 1. The maximum absolute atomic E-state index is 12.3. The number of carbonyl (C=O) groups is 2. The number of carboxylic acid groups (broad SMARTS) is 1. The number of ether oxygens (including phenoxy) is 1. The summed E-state index contributed by atoms with van der Waals surface area (Å²) in [6.07, 6.45) is 0.864. The maximum atomic E-state index is 12.3. The summed E-state index contributed by atoms with van der Waals surface area (Å²) in [4.78, 5) is 23.8. The Bertz CT molecular complexity index is 738. The monoisotopic (exact) mass is 304 g/mol. The lowest BCUT2D eigenvalue weighted by atomic mass is 9.93. The van der Waals surface area contributed by atoms with Crippen LogP contribution >= 0.6 is 0 Å². The van der Waals surface area contributed by atoms with Gasteiger partial charge in [0.25, 0.3) is 0 Å². The lowest BCUT2D eigenvalue weighted by Gasteiger charge is -2.20. The summed E-state index contributed by atoms with van der Waals surface area (Å²) < 4.78 is 6.65. The lowest BCUT2D eigenvalue weighted by Crippen LogP contribution is -2.41. The Morgan fingerprint density at radius 2 is 1.77 bits per heavy atom. The van der Waals surface area contributed by atoms with Gasteiger partial charge in [-0.2, -0.15) is 0 Å². The molecule has 0 unspecified atom stereocenters. The molecular formula is C16H20N2O4. The van der Waals surface area contributed by atoms with Crippen LogP contribution < -0.4 is 5.73 Å². The molecule has 22 heavy (non-hydrogen) atoms. The molecule has 2 rings (SSSR count). The second-order valence-electron chi connectivity index (χ2n) is 6.42. The van der Waals surface area contributed by atoms with Crippen molar-refractivity contribution in [1.82, 2.24) is 4.57 Å². The minimum atomic E-state index is -1.60. The van der Waals surface area contributed by atoms with Gasteiger partial charge in [-0.1, -0.05) is 18.2 Å². The van der Waals surface area contributed by atoms with Crippen molar-refractivity contribution in [2.45, 2.75) is 38.8 Å². The van der Waals surface area contributed by atoms with Crippen molar-refractivity contribution in [3.05, 3.63) is 36.0 Å². The van der Waals surface area contributed by atoms with Gasteiger partial charge in [-0.05, 0) is 33.8 Å². The van der Waals surface area contributed by atoms with Crippen molar-refractivity contribution < 1.29 is 19.4 Å². The zero-order chi connectivity index (χ0) is 16.7. The molecule has 1 aromatic heterocycles. The molecule has 2 aromatic rings. The minimum absolute atomic E-state index is 0.362. The molecule has 1 atom stereocenters. The van der Waals surface area contributed by atoms with Crippen molar-refractivity contribution in [1.29, 1.82) is 0 Å². The third-order valence-corrected chi connectivity index (χ3v) is 3.31. The van der Waals surface area contributed by atoms with Crippen LogP contribution in [0.2, 0.25) is 0 Å². The summed E-state index contributed by atoms with van der Waals surface area (Å²) in [7, 11) is 0. The Balaban J connectivity index is 2.63. The van der Waals surface area contributed by atoms with Gasteiger partial charge >= 0.3 is 12.1 Å². The highest BCUT2D eigenvalue weighted by molar-refractivity contribution is 5.96. The van der Waals surface area contributed by atoms with E-state index in [1.54, 1.807) is 45.0 Å². The number of carboxylic acids is 1. The first kappa shape index (κ1) is 16.0. The average Bonchev–Trinajstić information content (AvgIpc) is 2.76. The summed E-state index contributed by atoms with van der Waals surface area (Å²) in [6, 6.07) is 6.99. The Labute approximate surface area is 128 Å². The number of para-hydroxylation sites is 1. The summed E-state index contributed by atoms with van der Waals surface area (Å²) in [5.74, 6) is -1.17. The molecular weight excluding hydrogens is 284 g/mol. The number of benzene rings is 1. The SMILES string of the molecule is CC(C)(C)OC(=O)n1cc([C@@](C)(N)C(=O)O)c2ccccc21. The van der Waals surface area contributed by atoms with Crippen LogP contribution in [-0.4, -0.2) is 27.3 Å². The van der Waals surface area contributed by atoms with E-state index in [0.717, 1.165) is 0 Å². The Morgan fingerprint density at radius 3 is 2.32 bits per heavy atom. The number of fused-ring (bicyclic) bond motifs is 1. The molecule has 6 nitrogen and oxygen atoms in total. The molecule has 118 valence electrons. The van der Waals surface area contributed by atoms with E-state index in [9.17, 15) is 14.7 Å². The van der Waals surface area contributed by atoms with Crippen LogP contribution in [0.4, 0.5) is 4.79 Å². The van der Waals surface area contributed by atoms with Gasteiger partial charge in [0.1, 0.15) is 11.1 Å². The minimum Gasteiger partial charge on any atom is -0.480 e. The molecule has 0 saturated heterocycles. The lowest BCUT2D eigenvalue weighted by molar-refractivity contribution is -0.143. The quantitative estimate of drug-likeness (QED) is 0.889. The van der Waals surface area contributed by atoms with E-state index in [1.807, 2.05) is 0 Å². The zero-order valence-corrected chi connectivity index (χ0v) is 13.1. The molecule has 1 heterocycles. The molecule has 1 aromatic carbocycles. The van der Waals surface area contributed by atoms with E-state index in [1.165, 1.54) is 17.7 Å². The predicted molar refractivity (Wildman–Crippen MR) is 82.7 cm³/mol. The van der Waals surface area contributed by atoms with Crippen LogP contribution in [0.3, 0.4) is 0 Å². The summed E-state index contributed by atoms with van der Waals surface area (Å²) >= 11 is 0. The summed E-state index contributed by atoms with van der Waals surface area (Å²) in [5.41, 5.74) is 4.59. The molecule has 6 heteroatoms. The van der Waals surface area contributed by atoms with Crippen LogP contribution in [0.1, 0.15) is 33.3 Å². The fraction of sp³-hybridized carbons (Fsp3) is 0.375. The van der Waals surface area contributed by atoms with Crippen LogP contribution in [0, 0.1) is 0 Å². The number of carbonyl (C=O) groups excluding carboxylic acids is 1. The van der Waals surface area contributed by atoms with Gasteiger partial charge in [-0.15, -0.1) is 0 Å². The Kier molecular flexibility index (Phi) is 3.74. The fourth-order valence-corrected chi connectivity index (χ4v) is 2.17. The number of nitrogens with zero attached hydrogens (tertiary/aromatic N) is 1. The third-order valence-electron chi connectivity index (χ3n) is 3.31. The second kappa shape index (κ2) is 5.14. The van der Waals surface area contributed by atoms with Gasteiger partial charge in [0.15, 0.2) is 0 Å². The fourth-order valence-electron chi connectivity index (χ4n) is 2.17. The number of nitrogens with two attached hydrogens (primary N) is 1. The van der Waals surface area contributed by atoms with Gasteiger partial charge in [0.2, 0.25) is 0 Å². The zero-order valence-electron chi connectivity index (χ0n) is 13.1. The number of rotatable bonds is 2. The van der Waals surface area contributed by atoms with E-state index >= 15 is 0 Å². The molecule has 3 N–H and O–H groups in total. The Hall–Kier alpha value is -2.34. The van der Waals surface area contributed by atoms with Crippen molar-refractivity contribution in [3.8, 4) is 0 Å². The van der Waals surface area contributed by atoms with Crippen molar-refractivity contribution in [2.24, 2.45) is 5.73 Å². The highest BCUT2D eigenvalue weighted by atomic mass is 16.6. The van der Waals surface area contributed by atoms with Crippen LogP contribution in [0.25, 0.3) is 10.9 Å². The third kappa shape index (κ3) is 2.82. The molecule has 0 saturated carbocycles. The predicted octanol–water partition coefficient (Wildman–Crippen LogP) is 2.68. The molecule has 0 aliphatic carbocycles. The topological polar surface area (TPSA) is 94.5 Å². The molecule has 0 radical (unpaired) electrons. The van der Waals surface area contributed by atoms with Crippen molar-refractivity contribution >= 4 is 23.0 Å². The molecule has 0 fully saturated rings. The van der Waals surface area contributed by atoms with E-state index in [4.69, 9.17) is 10.5 Å². The normalized spacial score (nSPS) is 14.6. The molecule has 0 bridgehead atoms. The van der Waals surface area contributed by atoms with E-state index in [2.05, 4.69) is 0 Å². The average molecular weight is 304 g/mol. The van der Waals surface area contributed by atoms with Gasteiger partial charge < -0.3 is 15.6 Å². The van der Waals surface area contributed by atoms with Gasteiger partial charge in [0, 0.05) is 17.1 Å². The van der Waals surface area contributed by atoms with Gasteiger partial charge in [-0.25, -0.2) is 9.59 Å². The summed E-state index contributed by atoms with van der Waals surface area (Å²) in [5, 5.41) is 9.95. The Morgan fingerprint density at radius 1 is 1.18 bits per heavy atom. The standard InChI is InChI=1S/C16H20N2O4/c1-15(2,3)22-14(21)18-9-11(16(4,17)13(19)20)10-7-5-6-8-12(10)18/h5-9H,17H2,1-4H3,(H,19,20)/t16-/m1/s1. The van der Waals surface area contributed by atoms with E-state index in [-0.39, 0.29) is 0 Å². The van der Waals surface area contributed by atoms with Crippen LogP contribution in [-0.2, 0) is 15.1 Å². The van der Waals surface area contributed by atoms with Crippen LogP contribution in [0.15, 0.2) is 30.5 Å². The second-order valence-corrected chi connectivity index (χ2v) is 6.42. The highest BCUT2D eigenvalue weighted by Gasteiger charge is 2.34. The number of hydrogen-bond acceptors (Lipinski definition) is 4. The first-order valence-electron chi connectivity index (χ1n) is 6.90. The van der Waals surface area contributed by atoms with Gasteiger partial charge in [-0.3, -0.25) is 4.57 Å². The van der Waals surface area contributed by atoms with Gasteiger partial charge in [0.05, 0.1) is 5.52 Å². The summed E-state index contributed by atoms with van der Waals surface area (Å²) in [6.45, 7) is 6.70. The van der Waals surface area contributed by atoms with E-state index < -0.39 is 23.2 Å². The molecule has 0 aliphatic rings. The van der Waals surface area contributed by atoms with Crippen molar-refractivity contribution in [2.75, 3.05) is 0 Å². The number of hydrogen-bond donors (Lipinski definition) is 2. The molecule has 0 aliphatic heterocycles. The molecule has 0 spiro atoms. The first-order chi connectivity index (χ1) is 10.0. The smallest absolute Gasteiger partial charge is 0.419 e. The van der Waals surface area contributed by atoms with Crippen molar-refractivity contribution in [3.63, 3.8) is 0 Å². The van der Waals surface area contributed by atoms with E-state index in [0.29, 0.717) is 16.5 Å². The number of aromatic nitrogens is 1. The van der Waals surface area contributed by atoms with Crippen LogP contribution in [0.5, 0.6) is 0 Å². The molecule has 0 amide bonds.